The van der Waals surface area contributed by atoms with E-state index in [2.05, 4.69) is 19.2 Å². The lowest BCUT2D eigenvalue weighted by molar-refractivity contribution is -0.387. The van der Waals surface area contributed by atoms with Crippen LogP contribution in [0.5, 0.6) is 0 Å². The van der Waals surface area contributed by atoms with Crippen molar-refractivity contribution >= 4 is 33.0 Å². The fourth-order valence-corrected chi connectivity index (χ4v) is 4.72. The first kappa shape index (κ1) is 23.0. The first-order chi connectivity index (χ1) is 15.2. The maximum Gasteiger partial charge on any atom is 0.289 e. The first-order valence-corrected chi connectivity index (χ1v) is 11.3. The number of carbonyl (C=O) groups is 1. The largest absolute Gasteiger partial charge is 0.325 e. The van der Waals surface area contributed by atoms with E-state index in [9.17, 15) is 23.3 Å². The van der Waals surface area contributed by atoms with Crippen LogP contribution in [0, 0.1) is 10.1 Å². The van der Waals surface area contributed by atoms with Crippen LogP contribution in [0.3, 0.4) is 0 Å². The molecule has 0 heterocycles. The van der Waals surface area contributed by atoms with Crippen LogP contribution in [0.1, 0.15) is 25.3 Å². The minimum atomic E-state index is -4.40. The van der Waals surface area contributed by atoms with Gasteiger partial charge in [0.25, 0.3) is 15.7 Å². The number of nitrogens with one attached hydrogen (secondary N) is 1. The highest BCUT2D eigenvalue weighted by molar-refractivity contribution is 7.93. The average molecular weight is 454 g/mol. The fourth-order valence-electron chi connectivity index (χ4n) is 3.14. The summed E-state index contributed by atoms with van der Waals surface area (Å²) in [4.78, 5) is 22.9. The summed E-state index contributed by atoms with van der Waals surface area (Å²) in [5, 5.41) is 14.1. The number of amides is 1. The van der Waals surface area contributed by atoms with Gasteiger partial charge >= 0.3 is 0 Å². The van der Waals surface area contributed by atoms with E-state index in [1.165, 1.54) is 24.3 Å². The third kappa shape index (κ3) is 5.12. The number of nitro groups is 1. The van der Waals surface area contributed by atoms with Gasteiger partial charge in [-0.25, -0.2) is 8.42 Å². The molecule has 0 fully saturated rings. The predicted octanol–water partition coefficient (Wildman–Crippen LogP) is 4.55. The second kappa shape index (κ2) is 9.61. The van der Waals surface area contributed by atoms with Crippen molar-refractivity contribution in [1.29, 1.82) is 0 Å². The van der Waals surface area contributed by atoms with Crippen molar-refractivity contribution < 1.29 is 18.1 Å². The van der Waals surface area contributed by atoms with Crippen LogP contribution in [0.25, 0.3) is 0 Å². The summed E-state index contributed by atoms with van der Waals surface area (Å²) in [6.07, 6.45) is 0. The molecule has 9 heteroatoms. The van der Waals surface area contributed by atoms with E-state index in [0.717, 1.165) is 22.0 Å². The number of hydrogen-bond acceptors (Lipinski definition) is 5. The Labute approximate surface area is 186 Å². The summed E-state index contributed by atoms with van der Waals surface area (Å²) in [6, 6.07) is 20.3. The predicted molar refractivity (Wildman–Crippen MR) is 123 cm³/mol. The highest BCUT2D eigenvalue weighted by Crippen LogP contribution is 2.29. The molecular formula is C23H23N3O5S. The molecule has 3 rings (SSSR count). The van der Waals surface area contributed by atoms with Gasteiger partial charge in [0, 0.05) is 11.8 Å². The maximum absolute atomic E-state index is 13.4. The molecule has 0 atom stereocenters. The molecule has 0 saturated heterocycles. The van der Waals surface area contributed by atoms with E-state index in [1.54, 1.807) is 30.3 Å². The number of hydrogen-bond donors (Lipinski definition) is 1. The highest BCUT2D eigenvalue weighted by Gasteiger charge is 2.33. The van der Waals surface area contributed by atoms with Crippen LogP contribution in [0.4, 0.5) is 17.1 Å². The lowest BCUT2D eigenvalue weighted by atomic mass is 10.0. The minimum absolute atomic E-state index is 0.218. The zero-order valence-corrected chi connectivity index (χ0v) is 18.5. The molecule has 0 spiro atoms. The van der Waals surface area contributed by atoms with E-state index in [1.807, 2.05) is 12.1 Å². The van der Waals surface area contributed by atoms with Crippen molar-refractivity contribution in [2.75, 3.05) is 16.2 Å². The minimum Gasteiger partial charge on any atom is -0.325 e. The van der Waals surface area contributed by atoms with Crippen LogP contribution in [0.15, 0.2) is 83.8 Å². The number of carbonyl (C=O) groups excluding carboxylic acids is 1. The van der Waals surface area contributed by atoms with Crippen LogP contribution < -0.4 is 9.62 Å². The molecule has 1 N–H and O–H groups in total. The van der Waals surface area contributed by atoms with Gasteiger partial charge in [0.2, 0.25) is 5.91 Å². The molecule has 0 saturated carbocycles. The average Bonchev–Trinajstić information content (AvgIpc) is 2.78. The molecule has 0 aliphatic carbocycles. The zero-order chi connectivity index (χ0) is 23.3. The Balaban J connectivity index is 1.94. The molecule has 0 aromatic heterocycles. The van der Waals surface area contributed by atoms with Gasteiger partial charge in [0.15, 0.2) is 4.90 Å². The summed E-state index contributed by atoms with van der Waals surface area (Å²) in [6.45, 7) is 3.56. The standard InChI is InChI=1S/C23H23N3O5S/c1-17(2)18-12-14-19(15-13-18)24-23(27)16-25(20-8-4-3-5-9-20)32(30,31)22-11-7-6-10-21(22)26(28)29/h3-15,17H,16H2,1-2H3,(H,24,27). The van der Waals surface area contributed by atoms with Crippen LogP contribution in [0.2, 0.25) is 0 Å². The van der Waals surface area contributed by atoms with Gasteiger partial charge in [-0.05, 0) is 41.8 Å². The number of para-hydroxylation sites is 2. The topological polar surface area (TPSA) is 110 Å². The molecular weight excluding hydrogens is 430 g/mol. The number of sulfonamides is 1. The Bertz CT molecular complexity index is 1210. The Morgan fingerprint density at radius 1 is 0.969 bits per heavy atom. The van der Waals surface area contributed by atoms with Gasteiger partial charge in [-0.1, -0.05) is 56.3 Å². The Hall–Kier alpha value is -3.72. The molecule has 32 heavy (non-hydrogen) atoms. The second-order valence-corrected chi connectivity index (χ2v) is 9.23. The summed E-state index contributed by atoms with van der Waals surface area (Å²) in [5.41, 5.74) is 1.29. The smallest absolute Gasteiger partial charge is 0.289 e. The normalized spacial score (nSPS) is 11.2. The number of nitrogens with zero attached hydrogens (tertiary/aromatic N) is 2. The number of anilines is 2. The number of rotatable bonds is 8. The molecule has 0 bridgehead atoms. The molecule has 166 valence electrons. The summed E-state index contributed by atoms with van der Waals surface area (Å²) in [5.74, 6) is -0.242. The zero-order valence-electron chi connectivity index (χ0n) is 17.6. The lowest BCUT2D eigenvalue weighted by Crippen LogP contribution is -2.38. The monoisotopic (exact) mass is 453 g/mol. The third-order valence-corrected chi connectivity index (χ3v) is 6.64. The van der Waals surface area contributed by atoms with E-state index >= 15 is 0 Å². The third-order valence-electron chi connectivity index (χ3n) is 4.82. The molecule has 0 radical (unpaired) electrons. The van der Waals surface area contributed by atoms with Crippen LogP contribution >= 0.6 is 0 Å². The van der Waals surface area contributed by atoms with Crippen molar-refractivity contribution in [3.05, 3.63) is 94.5 Å². The highest BCUT2D eigenvalue weighted by atomic mass is 32.2. The van der Waals surface area contributed by atoms with Gasteiger partial charge in [0.1, 0.15) is 6.54 Å². The molecule has 3 aromatic rings. The molecule has 0 aliphatic heterocycles. The van der Waals surface area contributed by atoms with E-state index < -0.39 is 38.0 Å². The molecule has 8 nitrogen and oxygen atoms in total. The van der Waals surface area contributed by atoms with Crippen LogP contribution in [-0.4, -0.2) is 25.8 Å². The van der Waals surface area contributed by atoms with Crippen molar-refractivity contribution in [3.63, 3.8) is 0 Å². The van der Waals surface area contributed by atoms with Gasteiger partial charge in [-0.15, -0.1) is 0 Å². The van der Waals surface area contributed by atoms with Crippen molar-refractivity contribution in [2.24, 2.45) is 0 Å². The van der Waals surface area contributed by atoms with Crippen molar-refractivity contribution in [1.82, 2.24) is 0 Å². The van der Waals surface area contributed by atoms with Gasteiger partial charge in [0.05, 0.1) is 10.6 Å². The Kier molecular flexibility index (Phi) is 6.89. The quantitative estimate of drug-likeness (QED) is 0.397. The summed E-state index contributed by atoms with van der Waals surface area (Å²) in [7, 11) is -4.40. The van der Waals surface area contributed by atoms with E-state index in [0.29, 0.717) is 11.6 Å². The summed E-state index contributed by atoms with van der Waals surface area (Å²) >= 11 is 0. The lowest BCUT2D eigenvalue weighted by Gasteiger charge is -2.24. The fraction of sp³-hybridized carbons (Fsp3) is 0.174. The molecule has 3 aromatic carbocycles. The maximum atomic E-state index is 13.4. The Morgan fingerprint density at radius 3 is 2.16 bits per heavy atom. The van der Waals surface area contributed by atoms with Gasteiger partial charge in [-0.3, -0.25) is 19.2 Å². The van der Waals surface area contributed by atoms with Gasteiger partial charge < -0.3 is 5.32 Å². The first-order valence-electron chi connectivity index (χ1n) is 9.91. The Morgan fingerprint density at radius 2 is 1.56 bits per heavy atom. The number of benzene rings is 3. The van der Waals surface area contributed by atoms with E-state index in [-0.39, 0.29) is 5.69 Å². The molecule has 0 aliphatic rings. The second-order valence-electron chi connectivity index (χ2n) is 7.40. The van der Waals surface area contributed by atoms with Crippen molar-refractivity contribution in [2.45, 2.75) is 24.7 Å². The summed E-state index contributed by atoms with van der Waals surface area (Å²) < 4.78 is 27.7. The van der Waals surface area contributed by atoms with Gasteiger partial charge in [-0.2, -0.15) is 0 Å². The van der Waals surface area contributed by atoms with Crippen LogP contribution in [-0.2, 0) is 14.8 Å². The van der Waals surface area contributed by atoms with Crippen molar-refractivity contribution in [3.8, 4) is 0 Å². The number of nitro benzene ring substituents is 1. The SMILES string of the molecule is CC(C)c1ccc(NC(=O)CN(c2ccccc2)S(=O)(=O)c2ccccc2[N+](=O)[O-])cc1. The molecule has 0 unspecified atom stereocenters. The van der Waals surface area contributed by atoms with E-state index in [4.69, 9.17) is 0 Å². The molecule has 1 amide bonds.